The Bertz CT molecular complexity index is 295. The molecule has 1 aromatic carbocycles. The van der Waals surface area contributed by atoms with E-state index in [1.54, 1.807) is 0 Å². The number of nitrogens with two attached hydrogens (primary N) is 1. The Morgan fingerprint density at radius 1 is 1.25 bits per heavy atom. The van der Waals surface area contributed by atoms with Crippen molar-refractivity contribution in [2.45, 2.75) is 19.9 Å². The lowest BCUT2D eigenvalue weighted by molar-refractivity contribution is 0.810. The normalized spacial score (nSPS) is 13.1. The van der Waals surface area contributed by atoms with Gasteiger partial charge in [-0.05, 0) is 37.1 Å². The predicted molar refractivity (Wildman–Crippen MR) is 53.8 cm³/mol. The Kier molecular flexibility index (Phi) is 2.99. The molecule has 0 saturated carbocycles. The molecule has 0 heterocycles. The molecule has 1 aromatic rings. The third kappa shape index (κ3) is 1.92. The summed E-state index contributed by atoms with van der Waals surface area (Å²) >= 11 is 11.7. The summed E-state index contributed by atoms with van der Waals surface area (Å²) in [5.74, 6) is 0. The van der Waals surface area contributed by atoms with E-state index in [0.29, 0.717) is 10.0 Å². The topological polar surface area (TPSA) is 26.0 Å². The second-order valence-electron chi connectivity index (χ2n) is 2.91. The second kappa shape index (κ2) is 3.65. The van der Waals surface area contributed by atoms with Gasteiger partial charge in [0.15, 0.2) is 0 Å². The zero-order chi connectivity index (χ0) is 9.30. The van der Waals surface area contributed by atoms with Crippen LogP contribution in [0, 0.1) is 6.92 Å². The summed E-state index contributed by atoms with van der Waals surface area (Å²) in [4.78, 5) is 0. The first-order valence-corrected chi connectivity index (χ1v) is 4.49. The summed E-state index contributed by atoms with van der Waals surface area (Å²) in [5.41, 5.74) is 7.86. The van der Waals surface area contributed by atoms with Crippen molar-refractivity contribution in [2.24, 2.45) is 5.73 Å². The summed E-state index contributed by atoms with van der Waals surface area (Å²) in [6.07, 6.45) is 0. The van der Waals surface area contributed by atoms with Crippen LogP contribution in [0.3, 0.4) is 0 Å². The third-order valence-electron chi connectivity index (χ3n) is 1.80. The zero-order valence-corrected chi connectivity index (χ0v) is 8.58. The van der Waals surface area contributed by atoms with Gasteiger partial charge in [0.2, 0.25) is 0 Å². The second-order valence-corrected chi connectivity index (χ2v) is 3.73. The number of aryl methyl sites for hydroxylation is 1. The van der Waals surface area contributed by atoms with Crippen LogP contribution in [0.25, 0.3) is 0 Å². The Labute approximate surface area is 82.5 Å². The minimum Gasteiger partial charge on any atom is -0.324 e. The first-order chi connectivity index (χ1) is 5.52. The average molecular weight is 204 g/mol. The Hall–Kier alpha value is -0.240. The van der Waals surface area contributed by atoms with E-state index in [1.807, 2.05) is 26.0 Å². The summed E-state index contributed by atoms with van der Waals surface area (Å²) in [6.45, 7) is 3.90. The standard InChI is InChI=1S/C9H11Cl2N/c1-5-3-8(10)9(11)4-7(5)6(2)12/h3-4,6H,12H2,1-2H3. The Morgan fingerprint density at radius 2 is 1.75 bits per heavy atom. The van der Waals surface area contributed by atoms with Crippen molar-refractivity contribution in [2.75, 3.05) is 0 Å². The largest absolute Gasteiger partial charge is 0.324 e. The maximum absolute atomic E-state index is 5.84. The molecule has 3 heteroatoms. The number of halogens is 2. The van der Waals surface area contributed by atoms with Crippen molar-refractivity contribution >= 4 is 23.2 Å². The van der Waals surface area contributed by atoms with Crippen LogP contribution in [0.2, 0.25) is 10.0 Å². The van der Waals surface area contributed by atoms with Crippen LogP contribution in [0.15, 0.2) is 12.1 Å². The van der Waals surface area contributed by atoms with Gasteiger partial charge >= 0.3 is 0 Å². The lowest BCUT2D eigenvalue weighted by Gasteiger charge is -2.10. The van der Waals surface area contributed by atoms with Gasteiger partial charge in [-0.15, -0.1) is 0 Å². The monoisotopic (exact) mass is 203 g/mol. The highest BCUT2D eigenvalue weighted by Crippen LogP contribution is 2.27. The van der Waals surface area contributed by atoms with E-state index in [-0.39, 0.29) is 6.04 Å². The molecule has 0 aromatic heterocycles. The molecule has 0 radical (unpaired) electrons. The summed E-state index contributed by atoms with van der Waals surface area (Å²) in [6, 6.07) is 3.66. The quantitative estimate of drug-likeness (QED) is 0.745. The minimum atomic E-state index is -0.000216. The van der Waals surface area contributed by atoms with E-state index in [0.717, 1.165) is 11.1 Å². The molecule has 0 aliphatic heterocycles. The minimum absolute atomic E-state index is 0.000216. The van der Waals surface area contributed by atoms with Crippen LogP contribution >= 0.6 is 23.2 Å². The van der Waals surface area contributed by atoms with Gasteiger partial charge in [-0.3, -0.25) is 0 Å². The molecule has 66 valence electrons. The van der Waals surface area contributed by atoms with Crippen LogP contribution in [0.4, 0.5) is 0 Å². The first-order valence-electron chi connectivity index (χ1n) is 3.73. The molecule has 0 bridgehead atoms. The summed E-state index contributed by atoms with van der Waals surface area (Å²) in [5, 5.41) is 1.15. The van der Waals surface area contributed by atoms with Crippen molar-refractivity contribution in [3.63, 3.8) is 0 Å². The lowest BCUT2D eigenvalue weighted by Crippen LogP contribution is -2.06. The van der Waals surface area contributed by atoms with E-state index in [1.165, 1.54) is 0 Å². The summed E-state index contributed by atoms with van der Waals surface area (Å²) < 4.78 is 0. The van der Waals surface area contributed by atoms with Crippen molar-refractivity contribution in [1.29, 1.82) is 0 Å². The molecule has 1 rings (SSSR count). The van der Waals surface area contributed by atoms with Crippen LogP contribution in [0.1, 0.15) is 24.1 Å². The molecule has 1 nitrogen and oxygen atoms in total. The molecule has 1 atom stereocenters. The predicted octanol–water partition coefficient (Wildman–Crippen LogP) is 3.32. The molecule has 12 heavy (non-hydrogen) atoms. The van der Waals surface area contributed by atoms with Crippen molar-refractivity contribution < 1.29 is 0 Å². The van der Waals surface area contributed by atoms with Gasteiger partial charge in [-0.1, -0.05) is 23.2 Å². The van der Waals surface area contributed by atoms with Crippen LogP contribution < -0.4 is 5.73 Å². The molecule has 2 N–H and O–H groups in total. The van der Waals surface area contributed by atoms with Gasteiger partial charge in [0, 0.05) is 6.04 Å². The van der Waals surface area contributed by atoms with Gasteiger partial charge in [-0.2, -0.15) is 0 Å². The van der Waals surface area contributed by atoms with Crippen molar-refractivity contribution in [1.82, 2.24) is 0 Å². The van der Waals surface area contributed by atoms with E-state index in [4.69, 9.17) is 28.9 Å². The lowest BCUT2D eigenvalue weighted by atomic mass is 10.0. The van der Waals surface area contributed by atoms with Crippen LogP contribution in [-0.2, 0) is 0 Å². The fourth-order valence-electron chi connectivity index (χ4n) is 1.15. The number of rotatable bonds is 1. The first kappa shape index (κ1) is 9.85. The molecular formula is C9H11Cl2N. The highest BCUT2D eigenvalue weighted by atomic mass is 35.5. The van der Waals surface area contributed by atoms with Gasteiger partial charge in [-0.25, -0.2) is 0 Å². The molecule has 0 aliphatic rings. The highest BCUT2D eigenvalue weighted by Gasteiger charge is 2.06. The van der Waals surface area contributed by atoms with Crippen LogP contribution in [-0.4, -0.2) is 0 Å². The Morgan fingerprint density at radius 3 is 2.25 bits per heavy atom. The summed E-state index contributed by atoms with van der Waals surface area (Å²) in [7, 11) is 0. The molecule has 0 spiro atoms. The van der Waals surface area contributed by atoms with Gasteiger partial charge in [0.25, 0.3) is 0 Å². The number of hydrogen-bond donors (Lipinski definition) is 1. The average Bonchev–Trinajstić information content (AvgIpc) is 1.96. The van der Waals surface area contributed by atoms with E-state index in [2.05, 4.69) is 0 Å². The maximum atomic E-state index is 5.84. The highest BCUT2D eigenvalue weighted by molar-refractivity contribution is 6.42. The molecule has 0 saturated heterocycles. The molecule has 1 unspecified atom stereocenters. The number of benzene rings is 1. The smallest absolute Gasteiger partial charge is 0.0595 e. The van der Waals surface area contributed by atoms with Crippen molar-refractivity contribution in [3.05, 3.63) is 33.3 Å². The van der Waals surface area contributed by atoms with Gasteiger partial charge < -0.3 is 5.73 Å². The van der Waals surface area contributed by atoms with Gasteiger partial charge in [0.05, 0.1) is 10.0 Å². The van der Waals surface area contributed by atoms with E-state index < -0.39 is 0 Å². The fourth-order valence-corrected chi connectivity index (χ4v) is 1.54. The molecular weight excluding hydrogens is 193 g/mol. The molecule has 0 aliphatic carbocycles. The van der Waals surface area contributed by atoms with E-state index >= 15 is 0 Å². The third-order valence-corrected chi connectivity index (χ3v) is 2.52. The molecule has 0 amide bonds. The zero-order valence-electron chi connectivity index (χ0n) is 7.07. The van der Waals surface area contributed by atoms with Crippen LogP contribution in [0.5, 0.6) is 0 Å². The van der Waals surface area contributed by atoms with Crippen molar-refractivity contribution in [3.8, 4) is 0 Å². The maximum Gasteiger partial charge on any atom is 0.0595 e. The molecule has 0 fully saturated rings. The SMILES string of the molecule is Cc1cc(Cl)c(Cl)cc1C(C)N. The number of hydrogen-bond acceptors (Lipinski definition) is 1. The van der Waals surface area contributed by atoms with Gasteiger partial charge in [0.1, 0.15) is 0 Å². The van der Waals surface area contributed by atoms with E-state index in [9.17, 15) is 0 Å². The fraction of sp³-hybridized carbons (Fsp3) is 0.333. The Balaban J connectivity index is 3.23.